The van der Waals surface area contributed by atoms with Crippen molar-refractivity contribution in [2.24, 2.45) is 11.8 Å². The Morgan fingerprint density at radius 2 is 2.06 bits per heavy atom. The number of fused-ring (bicyclic) bond motifs is 1. The van der Waals surface area contributed by atoms with E-state index in [-0.39, 0.29) is 30.2 Å². The van der Waals surface area contributed by atoms with Crippen LogP contribution in [0.5, 0.6) is 0 Å². The lowest BCUT2D eigenvalue weighted by Crippen LogP contribution is -2.63. The van der Waals surface area contributed by atoms with Crippen LogP contribution in [0, 0.1) is 11.8 Å². The van der Waals surface area contributed by atoms with Crippen LogP contribution in [-0.2, 0) is 25.7 Å². The Hall–Kier alpha value is -2.41. The minimum atomic E-state index is -0.849. The van der Waals surface area contributed by atoms with Crippen molar-refractivity contribution in [2.75, 3.05) is 19.9 Å². The van der Waals surface area contributed by atoms with Gasteiger partial charge in [0.1, 0.15) is 5.70 Å². The van der Waals surface area contributed by atoms with Crippen LogP contribution < -0.4 is 0 Å². The summed E-state index contributed by atoms with van der Waals surface area (Å²) in [6.45, 7) is 3.97. The molecule has 4 rings (SSSR count). The van der Waals surface area contributed by atoms with Crippen molar-refractivity contribution in [1.29, 1.82) is 0 Å². The number of piperidine rings is 1. The Morgan fingerprint density at radius 1 is 1.31 bits per heavy atom. The second-order valence-electron chi connectivity index (χ2n) is 8.72. The first kappa shape index (κ1) is 25.7. The zero-order valence-electron chi connectivity index (χ0n) is 19.6. The van der Waals surface area contributed by atoms with Gasteiger partial charge in [0.05, 0.1) is 40.8 Å². The molecule has 2 fully saturated rings. The van der Waals surface area contributed by atoms with Gasteiger partial charge in [0, 0.05) is 23.9 Å². The molecule has 0 bridgehead atoms. The highest BCUT2D eigenvalue weighted by Crippen LogP contribution is 2.51. The molecule has 1 aromatic heterocycles. The van der Waals surface area contributed by atoms with E-state index < -0.39 is 30.9 Å². The lowest BCUT2D eigenvalue weighted by molar-refractivity contribution is -0.166. The molecular formula is C23H29N3O7S2. The number of hydrogen-bond donors (Lipinski definition) is 2. The van der Waals surface area contributed by atoms with Crippen molar-refractivity contribution >= 4 is 47.1 Å². The third kappa shape index (κ3) is 5.11. The van der Waals surface area contributed by atoms with E-state index in [1.54, 1.807) is 28.8 Å². The summed E-state index contributed by atoms with van der Waals surface area (Å²) in [6.07, 6.45) is 3.32. The average molecular weight is 524 g/mol. The fourth-order valence-corrected chi connectivity index (χ4v) is 6.52. The van der Waals surface area contributed by atoms with Crippen molar-refractivity contribution in [3.8, 4) is 0 Å². The molecule has 4 atom stereocenters. The Bertz CT molecular complexity index is 1030. The lowest BCUT2D eigenvalue weighted by atomic mass is 9.79. The molecule has 2 amide bonds. The van der Waals surface area contributed by atoms with Crippen molar-refractivity contribution in [3.63, 3.8) is 0 Å². The average Bonchev–Trinajstić information content (AvgIpc) is 3.39. The maximum Gasteiger partial charge on any atom is 0.412 e. The second kappa shape index (κ2) is 11.1. The quantitative estimate of drug-likeness (QED) is 0.300. The molecule has 35 heavy (non-hydrogen) atoms. The fraction of sp³-hybridized carbons (Fsp3) is 0.565. The zero-order chi connectivity index (χ0) is 25.1. The molecule has 190 valence electrons. The maximum atomic E-state index is 13.0. The summed E-state index contributed by atoms with van der Waals surface area (Å²) in [5.41, 5.74) is 2.31. The first-order chi connectivity index (χ1) is 16.8. The topological polar surface area (TPSA) is 130 Å². The van der Waals surface area contributed by atoms with Crippen LogP contribution in [0.25, 0.3) is 6.08 Å². The van der Waals surface area contributed by atoms with Gasteiger partial charge in [0.2, 0.25) is 12.7 Å². The first-order valence-electron chi connectivity index (χ1n) is 11.6. The number of esters is 1. The summed E-state index contributed by atoms with van der Waals surface area (Å²) >= 11 is 2.65. The van der Waals surface area contributed by atoms with E-state index in [1.807, 2.05) is 6.92 Å². The number of β-lactam (4-membered cyclic amide) rings is 1. The molecule has 2 N–H and O–H groups in total. The molecule has 3 aliphatic rings. The standard InChI is InChI=1S/C23H29N3O7S2/c1-13-18-17(14(2)28)21(29)26(18)19(20(13)34-9-6-16-15(10-27)24-11-35-16)22(30)32-12-33-23(31)25-7-4-3-5-8-25/h6,9,11,13-14,17-18,27-28H,3-5,7-8,10,12H2,1-2H3/t13-,14-,17-,18-/m1/s1. The van der Waals surface area contributed by atoms with Crippen LogP contribution in [0.4, 0.5) is 4.79 Å². The molecule has 4 heterocycles. The van der Waals surface area contributed by atoms with Crippen LogP contribution in [0.1, 0.15) is 43.7 Å². The van der Waals surface area contributed by atoms with E-state index >= 15 is 0 Å². The monoisotopic (exact) mass is 523 g/mol. The summed E-state index contributed by atoms with van der Waals surface area (Å²) in [7, 11) is 0. The normalized spacial score (nSPS) is 25.0. The molecule has 12 heteroatoms. The Morgan fingerprint density at radius 3 is 2.74 bits per heavy atom. The third-order valence-corrected chi connectivity index (χ3v) is 8.45. The highest BCUT2D eigenvalue weighted by molar-refractivity contribution is 8.06. The van der Waals surface area contributed by atoms with Gasteiger partial charge in [-0.2, -0.15) is 0 Å². The summed E-state index contributed by atoms with van der Waals surface area (Å²) in [5.74, 6) is -1.90. The second-order valence-corrected chi connectivity index (χ2v) is 10.6. The maximum absolute atomic E-state index is 13.0. The number of likely N-dealkylation sites (tertiary alicyclic amines) is 1. The van der Waals surface area contributed by atoms with E-state index in [9.17, 15) is 24.6 Å². The molecule has 0 unspecified atom stereocenters. The molecule has 2 saturated heterocycles. The number of carbonyl (C=O) groups is 3. The molecule has 3 aliphatic heterocycles. The van der Waals surface area contributed by atoms with E-state index in [0.717, 1.165) is 24.1 Å². The number of aliphatic hydroxyl groups excluding tert-OH is 2. The predicted octanol–water partition coefficient (Wildman–Crippen LogP) is 2.53. The van der Waals surface area contributed by atoms with Gasteiger partial charge in [0.25, 0.3) is 0 Å². The smallest absolute Gasteiger partial charge is 0.412 e. The molecule has 1 aromatic rings. The van der Waals surface area contributed by atoms with Crippen molar-refractivity contribution in [1.82, 2.24) is 14.8 Å². The number of thioether (sulfide) groups is 1. The molecular weight excluding hydrogens is 494 g/mol. The number of rotatable bonds is 8. The largest absolute Gasteiger partial charge is 0.423 e. The molecule has 0 aliphatic carbocycles. The summed E-state index contributed by atoms with van der Waals surface area (Å²) < 4.78 is 10.4. The highest BCUT2D eigenvalue weighted by atomic mass is 32.2. The number of carbonyl (C=O) groups excluding carboxylic acids is 3. The number of aliphatic hydroxyl groups is 2. The fourth-order valence-electron chi connectivity index (χ4n) is 4.74. The van der Waals surface area contributed by atoms with Gasteiger partial charge in [-0.1, -0.05) is 18.7 Å². The molecule has 0 spiro atoms. The summed E-state index contributed by atoms with van der Waals surface area (Å²) in [5, 5.41) is 21.3. The van der Waals surface area contributed by atoms with Gasteiger partial charge in [-0.15, -0.1) is 11.3 Å². The van der Waals surface area contributed by atoms with Gasteiger partial charge >= 0.3 is 12.1 Å². The number of hydrogen-bond acceptors (Lipinski definition) is 10. The summed E-state index contributed by atoms with van der Waals surface area (Å²) in [6, 6.07) is -0.353. The summed E-state index contributed by atoms with van der Waals surface area (Å²) in [4.78, 5) is 46.5. The minimum Gasteiger partial charge on any atom is -0.423 e. The Kier molecular flexibility index (Phi) is 8.15. The van der Waals surface area contributed by atoms with E-state index in [4.69, 9.17) is 9.47 Å². The van der Waals surface area contributed by atoms with Crippen LogP contribution in [0.15, 0.2) is 21.5 Å². The predicted molar refractivity (Wildman–Crippen MR) is 130 cm³/mol. The Balaban J connectivity index is 1.47. The number of nitrogens with zero attached hydrogens (tertiary/aromatic N) is 3. The molecule has 0 radical (unpaired) electrons. The first-order valence-corrected chi connectivity index (χ1v) is 13.3. The number of amides is 2. The highest BCUT2D eigenvalue weighted by Gasteiger charge is 2.60. The molecule has 0 aromatic carbocycles. The van der Waals surface area contributed by atoms with Crippen molar-refractivity contribution in [2.45, 2.75) is 51.9 Å². The van der Waals surface area contributed by atoms with Gasteiger partial charge in [-0.25, -0.2) is 14.6 Å². The van der Waals surface area contributed by atoms with Gasteiger partial charge in [-0.05, 0) is 37.7 Å². The van der Waals surface area contributed by atoms with Crippen molar-refractivity contribution < 1.29 is 34.1 Å². The number of aromatic nitrogens is 1. The Labute approximate surface area is 211 Å². The lowest BCUT2D eigenvalue weighted by Gasteiger charge is -2.46. The molecule has 0 saturated carbocycles. The third-order valence-electron chi connectivity index (χ3n) is 6.53. The van der Waals surface area contributed by atoms with Gasteiger partial charge in [-0.3, -0.25) is 4.79 Å². The van der Waals surface area contributed by atoms with E-state index in [2.05, 4.69) is 4.98 Å². The van der Waals surface area contributed by atoms with Crippen LogP contribution >= 0.6 is 23.1 Å². The number of thiazole rings is 1. The van der Waals surface area contributed by atoms with E-state index in [0.29, 0.717) is 23.7 Å². The van der Waals surface area contributed by atoms with Crippen LogP contribution in [-0.4, -0.2) is 75.0 Å². The van der Waals surface area contributed by atoms with Gasteiger partial charge in [0.15, 0.2) is 0 Å². The number of ether oxygens (including phenoxy) is 2. The van der Waals surface area contributed by atoms with Crippen molar-refractivity contribution in [3.05, 3.63) is 32.1 Å². The SMILES string of the molecule is C[C@@H](O)[C@H]1C(=O)N2C(C(=O)OCOC(=O)N3CCCCC3)=C(SC=Cc3scnc3CO)[C@H](C)[C@H]12. The van der Waals surface area contributed by atoms with Crippen LogP contribution in [0.2, 0.25) is 0 Å². The van der Waals surface area contributed by atoms with Crippen LogP contribution in [0.3, 0.4) is 0 Å². The minimum absolute atomic E-state index is 0.111. The zero-order valence-corrected chi connectivity index (χ0v) is 21.2. The van der Waals surface area contributed by atoms with E-state index in [1.165, 1.54) is 28.0 Å². The van der Waals surface area contributed by atoms with Gasteiger partial charge < -0.3 is 29.5 Å². The molecule has 10 nitrogen and oxygen atoms in total.